The Labute approximate surface area is 131 Å². The molecule has 4 rings (SSSR count). The van der Waals surface area contributed by atoms with Gasteiger partial charge in [0.25, 0.3) is 0 Å². The predicted octanol–water partition coefficient (Wildman–Crippen LogP) is 4.90. The summed E-state index contributed by atoms with van der Waals surface area (Å²) in [6.45, 7) is 0. The van der Waals surface area contributed by atoms with Gasteiger partial charge in [-0.1, -0.05) is 91.0 Å². The Morgan fingerprint density at radius 1 is 0.682 bits per heavy atom. The number of epoxide rings is 1. The fourth-order valence-corrected chi connectivity index (χ4v) is 3.22. The maximum absolute atomic E-state index is 6.28. The Morgan fingerprint density at radius 2 is 1.23 bits per heavy atom. The van der Waals surface area contributed by atoms with Gasteiger partial charge in [0.15, 0.2) is 0 Å². The number of rotatable bonds is 4. The molecule has 108 valence electrons. The Kier molecular flexibility index (Phi) is 3.28. The normalized spacial score (nSPS) is 23.2. The summed E-state index contributed by atoms with van der Waals surface area (Å²) in [6.07, 6.45) is 1.04. The fraction of sp³-hybridized carbons (Fsp3) is 0.143. The maximum atomic E-state index is 6.28. The lowest BCUT2D eigenvalue weighted by Gasteiger charge is -2.14. The summed E-state index contributed by atoms with van der Waals surface area (Å²) < 4.78 is 6.28. The number of hydrogen-bond acceptors (Lipinski definition) is 1. The van der Waals surface area contributed by atoms with Crippen LogP contribution in [-0.2, 0) is 16.8 Å². The van der Waals surface area contributed by atoms with Crippen LogP contribution in [0.5, 0.6) is 0 Å². The van der Waals surface area contributed by atoms with E-state index in [-0.39, 0.29) is 11.7 Å². The second-order valence-electron chi connectivity index (χ2n) is 5.83. The standard InChI is InChI=1S/C21H18O/c1-4-10-17(11-5-1)16-21(19-14-8-3-9-15-19)20(22-21)18-12-6-2-7-13-18/h1-15,20H,16H2/t20-,21-/m1/s1. The smallest absolute Gasteiger partial charge is 0.128 e. The Hall–Kier alpha value is -2.38. The lowest BCUT2D eigenvalue weighted by atomic mass is 9.86. The third-order valence-electron chi connectivity index (χ3n) is 4.37. The third-order valence-corrected chi connectivity index (χ3v) is 4.37. The first-order valence-corrected chi connectivity index (χ1v) is 7.71. The number of benzene rings is 3. The molecule has 3 aromatic rings. The molecule has 1 saturated heterocycles. The summed E-state index contributed by atoms with van der Waals surface area (Å²) in [5.41, 5.74) is 3.59. The minimum Gasteiger partial charge on any atom is -0.355 e. The highest BCUT2D eigenvalue weighted by Gasteiger charge is 2.58. The summed E-state index contributed by atoms with van der Waals surface area (Å²) in [5.74, 6) is 0. The molecule has 3 aromatic carbocycles. The Balaban J connectivity index is 1.72. The van der Waals surface area contributed by atoms with Crippen molar-refractivity contribution in [2.75, 3.05) is 0 Å². The van der Waals surface area contributed by atoms with Crippen LogP contribution < -0.4 is 0 Å². The van der Waals surface area contributed by atoms with Gasteiger partial charge in [0.1, 0.15) is 11.7 Å². The average molecular weight is 286 g/mol. The van der Waals surface area contributed by atoms with E-state index in [1.165, 1.54) is 16.7 Å². The molecule has 1 fully saturated rings. The van der Waals surface area contributed by atoms with Crippen molar-refractivity contribution in [3.05, 3.63) is 108 Å². The molecular weight excluding hydrogens is 268 g/mol. The molecular formula is C21H18O. The summed E-state index contributed by atoms with van der Waals surface area (Å²) >= 11 is 0. The minimum atomic E-state index is -0.232. The average Bonchev–Trinajstić information content (AvgIpc) is 3.33. The van der Waals surface area contributed by atoms with Crippen LogP contribution in [0.15, 0.2) is 91.0 Å². The first kappa shape index (κ1) is 13.3. The summed E-state index contributed by atoms with van der Waals surface area (Å²) in [6, 6.07) is 31.7. The topological polar surface area (TPSA) is 12.5 Å². The first-order valence-electron chi connectivity index (χ1n) is 7.71. The molecule has 2 atom stereocenters. The van der Waals surface area contributed by atoms with Gasteiger partial charge in [0.2, 0.25) is 0 Å². The van der Waals surface area contributed by atoms with E-state index in [0.717, 1.165) is 6.42 Å². The molecule has 1 heteroatoms. The summed E-state index contributed by atoms with van der Waals surface area (Å²) in [5, 5.41) is 0. The van der Waals surface area contributed by atoms with Crippen LogP contribution in [-0.4, -0.2) is 0 Å². The van der Waals surface area contributed by atoms with E-state index in [4.69, 9.17) is 4.74 Å². The molecule has 22 heavy (non-hydrogen) atoms. The second-order valence-corrected chi connectivity index (χ2v) is 5.83. The van der Waals surface area contributed by atoms with Crippen molar-refractivity contribution >= 4 is 0 Å². The second kappa shape index (κ2) is 5.43. The zero-order valence-electron chi connectivity index (χ0n) is 12.4. The summed E-state index contributed by atoms with van der Waals surface area (Å²) in [4.78, 5) is 0. The molecule has 1 aliphatic heterocycles. The molecule has 1 heterocycles. The van der Waals surface area contributed by atoms with E-state index >= 15 is 0 Å². The number of ether oxygens (including phenoxy) is 1. The van der Waals surface area contributed by atoms with Gasteiger partial charge in [-0.3, -0.25) is 0 Å². The maximum Gasteiger partial charge on any atom is 0.128 e. The van der Waals surface area contributed by atoms with Gasteiger partial charge in [-0.25, -0.2) is 0 Å². The highest BCUT2D eigenvalue weighted by atomic mass is 16.6. The van der Waals surface area contributed by atoms with Gasteiger partial charge < -0.3 is 4.74 Å². The van der Waals surface area contributed by atoms with E-state index in [1.54, 1.807) is 0 Å². The van der Waals surface area contributed by atoms with Crippen molar-refractivity contribution < 1.29 is 4.74 Å². The van der Waals surface area contributed by atoms with Crippen molar-refractivity contribution in [2.24, 2.45) is 0 Å². The van der Waals surface area contributed by atoms with Crippen LogP contribution >= 0.6 is 0 Å². The van der Waals surface area contributed by atoms with E-state index < -0.39 is 0 Å². The SMILES string of the molecule is c1ccc(C[C@]2(c3ccccc3)O[C@@H]2c2ccccc2)cc1. The van der Waals surface area contributed by atoms with Crippen molar-refractivity contribution in [1.29, 1.82) is 0 Å². The monoisotopic (exact) mass is 286 g/mol. The van der Waals surface area contributed by atoms with E-state index in [2.05, 4.69) is 84.9 Å². The molecule has 0 radical (unpaired) electrons. The molecule has 0 aromatic heterocycles. The van der Waals surface area contributed by atoms with Crippen LogP contribution in [0.3, 0.4) is 0 Å². The molecule has 0 bridgehead atoms. The summed E-state index contributed by atoms with van der Waals surface area (Å²) in [7, 11) is 0. The van der Waals surface area contributed by atoms with Crippen LogP contribution in [0.4, 0.5) is 0 Å². The Bertz CT molecular complexity index is 737. The van der Waals surface area contributed by atoms with Crippen molar-refractivity contribution in [2.45, 2.75) is 18.1 Å². The quantitative estimate of drug-likeness (QED) is 0.622. The molecule has 1 nitrogen and oxygen atoms in total. The van der Waals surface area contributed by atoms with Gasteiger partial charge in [0.05, 0.1) is 0 Å². The van der Waals surface area contributed by atoms with E-state index in [0.29, 0.717) is 0 Å². The molecule has 0 N–H and O–H groups in total. The molecule has 0 amide bonds. The van der Waals surface area contributed by atoms with Crippen LogP contribution in [0.1, 0.15) is 22.8 Å². The van der Waals surface area contributed by atoms with Crippen molar-refractivity contribution in [3.8, 4) is 0 Å². The predicted molar refractivity (Wildman–Crippen MR) is 88.5 cm³/mol. The lowest BCUT2D eigenvalue weighted by Crippen LogP contribution is -2.14. The highest BCUT2D eigenvalue weighted by Crippen LogP contribution is 2.58. The molecule has 0 aliphatic carbocycles. The van der Waals surface area contributed by atoms with Gasteiger partial charge in [-0.15, -0.1) is 0 Å². The van der Waals surface area contributed by atoms with Gasteiger partial charge >= 0.3 is 0 Å². The van der Waals surface area contributed by atoms with Crippen LogP contribution in [0.2, 0.25) is 0 Å². The first-order chi connectivity index (χ1) is 10.9. The fourth-order valence-electron chi connectivity index (χ4n) is 3.22. The lowest BCUT2D eigenvalue weighted by molar-refractivity contribution is 0.295. The Morgan fingerprint density at radius 3 is 1.86 bits per heavy atom. The van der Waals surface area contributed by atoms with E-state index in [9.17, 15) is 0 Å². The number of hydrogen-bond donors (Lipinski definition) is 0. The van der Waals surface area contributed by atoms with Gasteiger partial charge in [0, 0.05) is 6.42 Å². The van der Waals surface area contributed by atoms with Gasteiger partial charge in [-0.05, 0) is 16.7 Å². The largest absolute Gasteiger partial charge is 0.355 e. The van der Waals surface area contributed by atoms with E-state index in [1.807, 2.05) is 6.07 Å². The third kappa shape index (κ3) is 2.34. The molecule has 1 aliphatic rings. The van der Waals surface area contributed by atoms with Crippen LogP contribution in [0.25, 0.3) is 0 Å². The van der Waals surface area contributed by atoms with Crippen molar-refractivity contribution in [1.82, 2.24) is 0 Å². The molecule has 0 saturated carbocycles. The van der Waals surface area contributed by atoms with Crippen molar-refractivity contribution in [3.63, 3.8) is 0 Å². The van der Waals surface area contributed by atoms with Gasteiger partial charge in [-0.2, -0.15) is 0 Å². The zero-order valence-corrected chi connectivity index (χ0v) is 12.4. The van der Waals surface area contributed by atoms with Crippen LogP contribution in [0, 0.1) is 0 Å². The minimum absolute atomic E-state index is 0.135. The molecule has 0 unspecified atom stereocenters. The molecule has 0 spiro atoms. The zero-order chi connectivity index (χ0) is 14.8. The highest BCUT2D eigenvalue weighted by molar-refractivity contribution is 5.38.